The lowest BCUT2D eigenvalue weighted by Crippen LogP contribution is -2.37. The van der Waals surface area contributed by atoms with Crippen LogP contribution in [0, 0.1) is 0 Å². The average molecular weight is 495 g/mol. The number of carbonyl (C=O) groups is 1. The highest BCUT2D eigenvalue weighted by molar-refractivity contribution is 7.90. The quantitative estimate of drug-likeness (QED) is 0.637. The summed E-state index contributed by atoms with van der Waals surface area (Å²) in [6.07, 6.45) is 3.81. The summed E-state index contributed by atoms with van der Waals surface area (Å²) in [5.74, 6) is -0.386. The van der Waals surface area contributed by atoms with Crippen LogP contribution in [0.4, 0.5) is 11.4 Å². The molecule has 11 heteroatoms. The van der Waals surface area contributed by atoms with Gasteiger partial charge in [0.15, 0.2) is 0 Å². The maximum absolute atomic E-state index is 12.9. The second-order valence-corrected chi connectivity index (χ2v) is 12.2. The van der Waals surface area contributed by atoms with Crippen molar-refractivity contribution in [3.05, 3.63) is 54.1 Å². The van der Waals surface area contributed by atoms with Crippen molar-refractivity contribution in [3.63, 3.8) is 0 Å². The Morgan fingerprint density at radius 1 is 0.818 bits per heavy atom. The van der Waals surface area contributed by atoms with Gasteiger partial charge in [-0.3, -0.25) is 9.10 Å². The lowest BCUT2D eigenvalue weighted by atomic mass is 10.2. The molecule has 180 valence electrons. The molecule has 0 unspecified atom stereocenters. The molecule has 0 bridgehead atoms. The predicted octanol–water partition coefficient (Wildman–Crippen LogP) is 2.75. The van der Waals surface area contributed by atoms with Gasteiger partial charge in [0.2, 0.25) is 10.0 Å². The highest BCUT2D eigenvalue weighted by Gasteiger charge is 2.25. The summed E-state index contributed by atoms with van der Waals surface area (Å²) in [4.78, 5) is 12.8. The Morgan fingerprint density at radius 2 is 1.36 bits per heavy atom. The van der Waals surface area contributed by atoms with E-state index in [-0.39, 0.29) is 10.8 Å². The van der Waals surface area contributed by atoms with E-state index >= 15 is 0 Å². The number of amides is 1. The number of carbonyl (C=O) groups excluding carboxylic acids is 1. The van der Waals surface area contributed by atoms with Crippen molar-refractivity contribution in [1.82, 2.24) is 8.61 Å². The van der Waals surface area contributed by atoms with E-state index in [2.05, 4.69) is 5.32 Å². The monoisotopic (exact) mass is 494 g/mol. The minimum Gasteiger partial charge on any atom is -0.322 e. The number of nitrogens with zero attached hydrogens (tertiary/aromatic N) is 3. The van der Waals surface area contributed by atoms with Gasteiger partial charge < -0.3 is 5.32 Å². The number of sulfonamides is 1. The zero-order chi connectivity index (χ0) is 24.2. The molecule has 0 saturated carbocycles. The maximum Gasteiger partial charge on any atom is 0.303 e. The highest BCUT2D eigenvalue weighted by Crippen LogP contribution is 2.23. The Balaban J connectivity index is 1.68. The predicted molar refractivity (Wildman–Crippen MR) is 129 cm³/mol. The van der Waals surface area contributed by atoms with Gasteiger partial charge in [-0.15, -0.1) is 0 Å². The molecule has 0 aliphatic carbocycles. The molecule has 1 aliphatic heterocycles. The molecule has 1 heterocycles. The van der Waals surface area contributed by atoms with Gasteiger partial charge in [0.1, 0.15) is 0 Å². The van der Waals surface area contributed by atoms with Crippen molar-refractivity contribution in [2.75, 3.05) is 43.9 Å². The van der Waals surface area contributed by atoms with Crippen molar-refractivity contribution in [2.24, 2.45) is 0 Å². The number of rotatable bonds is 7. The molecular formula is C22H30N4O5S2. The topological polar surface area (TPSA) is 107 Å². The molecule has 9 nitrogen and oxygen atoms in total. The molecule has 1 N–H and O–H groups in total. The minimum atomic E-state index is -3.62. The molecule has 0 atom stereocenters. The molecular weight excluding hydrogens is 464 g/mol. The van der Waals surface area contributed by atoms with Crippen molar-refractivity contribution >= 4 is 37.5 Å². The summed E-state index contributed by atoms with van der Waals surface area (Å²) in [6.45, 7) is 1.06. The van der Waals surface area contributed by atoms with Crippen molar-refractivity contribution in [3.8, 4) is 0 Å². The van der Waals surface area contributed by atoms with E-state index < -0.39 is 20.2 Å². The average Bonchev–Trinajstić information content (AvgIpc) is 3.09. The Morgan fingerprint density at radius 3 is 1.88 bits per heavy atom. The third-order valence-corrected chi connectivity index (χ3v) is 9.35. The van der Waals surface area contributed by atoms with Crippen molar-refractivity contribution in [1.29, 1.82) is 0 Å². The lowest BCUT2D eigenvalue weighted by molar-refractivity contribution is 0.102. The molecule has 33 heavy (non-hydrogen) atoms. The Labute approximate surface area is 196 Å². The second-order valence-electron chi connectivity index (χ2n) is 8.10. The smallest absolute Gasteiger partial charge is 0.303 e. The van der Waals surface area contributed by atoms with Crippen molar-refractivity contribution < 1.29 is 21.6 Å². The second kappa shape index (κ2) is 10.2. The van der Waals surface area contributed by atoms with Gasteiger partial charge in [-0.05, 0) is 61.4 Å². The summed E-state index contributed by atoms with van der Waals surface area (Å²) in [5.41, 5.74) is 1.23. The molecule has 1 aliphatic rings. The fourth-order valence-corrected chi connectivity index (χ4v) is 5.94. The maximum atomic E-state index is 12.9. The van der Waals surface area contributed by atoms with Gasteiger partial charge in [0.05, 0.1) is 10.6 Å². The van der Waals surface area contributed by atoms with Crippen LogP contribution in [0.15, 0.2) is 53.4 Å². The third kappa shape index (κ3) is 5.72. The number of benzene rings is 2. The summed E-state index contributed by atoms with van der Waals surface area (Å²) >= 11 is 0. The normalized spacial score (nSPS) is 15.8. The van der Waals surface area contributed by atoms with E-state index in [0.29, 0.717) is 30.0 Å². The fourth-order valence-electron chi connectivity index (χ4n) is 3.55. The van der Waals surface area contributed by atoms with Gasteiger partial charge >= 0.3 is 10.2 Å². The van der Waals surface area contributed by atoms with Gasteiger partial charge in [0.25, 0.3) is 5.91 Å². The van der Waals surface area contributed by atoms with Crippen LogP contribution in [-0.2, 0) is 20.2 Å². The first-order chi connectivity index (χ1) is 15.5. The molecule has 0 radical (unpaired) electrons. The number of nitrogens with one attached hydrogen (secondary N) is 1. The van der Waals surface area contributed by atoms with Gasteiger partial charge in [-0.2, -0.15) is 17.0 Å². The number of hydrogen-bond acceptors (Lipinski definition) is 5. The zero-order valence-corrected chi connectivity index (χ0v) is 20.7. The first-order valence-corrected chi connectivity index (χ1v) is 13.6. The van der Waals surface area contributed by atoms with E-state index in [1.54, 1.807) is 24.3 Å². The SMILES string of the molecule is CN(C)S(=O)(=O)N(C)c1ccc(C(=O)Nc2ccc(S(=O)(=O)N3CCCCCC3)cc2)cc1. The minimum absolute atomic E-state index is 0.205. The van der Waals surface area contributed by atoms with E-state index in [9.17, 15) is 21.6 Å². The number of anilines is 2. The van der Waals surface area contributed by atoms with E-state index in [0.717, 1.165) is 34.3 Å². The molecule has 3 rings (SSSR count). The molecule has 2 aromatic rings. The van der Waals surface area contributed by atoms with Crippen LogP contribution in [0.2, 0.25) is 0 Å². The van der Waals surface area contributed by atoms with E-state index in [1.165, 1.54) is 49.7 Å². The summed E-state index contributed by atoms with van der Waals surface area (Å²) in [6, 6.07) is 12.3. The highest BCUT2D eigenvalue weighted by atomic mass is 32.2. The molecule has 1 saturated heterocycles. The van der Waals surface area contributed by atoms with Crippen molar-refractivity contribution in [2.45, 2.75) is 30.6 Å². The lowest BCUT2D eigenvalue weighted by Gasteiger charge is -2.23. The molecule has 1 amide bonds. The van der Waals surface area contributed by atoms with Crippen LogP contribution in [0.1, 0.15) is 36.0 Å². The summed E-state index contributed by atoms with van der Waals surface area (Å²) in [7, 11) is -2.85. The zero-order valence-electron chi connectivity index (χ0n) is 19.1. The molecule has 0 aromatic heterocycles. The van der Waals surface area contributed by atoms with E-state index in [1.807, 2.05) is 0 Å². The van der Waals surface area contributed by atoms with E-state index in [4.69, 9.17) is 0 Å². The Hall–Kier alpha value is -2.47. The summed E-state index contributed by atoms with van der Waals surface area (Å²) in [5, 5.41) is 2.74. The Bertz CT molecular complexity index is 1170. The van der Waals surface area contributed by atoms with Crippen LogP contribution in [0.25, 0.3) is 0 Å². The molecule has 2 aromatic carbocycles. The van der Waals surface area contributed by atoms with Crippen LogP contribution >= 0.6 is 0 Å². The molecule has 1 fully saturated rings. The fraction of sp³-hybridized carbons (Fsp3) is 0.409. The van der Waals surface area contributed by atoms with Crippen LogP contribution in [-0.4, -0.2) is 65.6 Å². The first kappa shape index (κ1) is 25.2. The Kier molecular flexibility index (Phi) is 7.78. The first-order valence-electron chi connectivity index (χ1n) is 10.7. The van der Waals surface area contributed by atoms with Gasteiger partial charge in [-0.25, -0.2) is 8.42 Å². The standard InChI is InChI=1S/C22H30N4O5S2/c1-24(2)33(30,31)25(3)20-12-8-18(9-13-20)22(27)23-19-10-14-21(15-11-19)32(28,29)26-16-6-4-5-7-17-26/h8-15H,4-7,16-17H2,1-3H3,(H,23,27). The third-order valence-electron chi connectivity index (χ3n) is 5.62. The van der Waals surface area contributed by atoms with Gasteiger partial charge in [0, 0.05) is 45.5 Å². The van der Waals surface area contributed by atoms with Crippen LogP contribution < -0.4 is 9.62 Å². The van der Waals surface area contributed by atoms with Crippen LogP contribution in [0.3, 0.4) is 0 Å². The largest absolute Gasteiger partial charge is 0.322 e. The summed E-state index contributed by atoms with van der Waals surface area (Å²) < 4.78 is 54.0. The molecule has 0 spiro atoms. The van der Waals surface area contributed by atoms with Crippen LogP contribution in [0.5, 0.6) is 0 Å². The van der Waals surface area contributed by atoms with Gasteiger partial charge in [-0.1, -0.05) is 12.8 Å². The number of hydrogen-bond donors (Lipinski definition) is 1.